The highest BCUT2D eigenvalue weighted by molar-refractivity contribution is 7.88. The Balaban J connectivity index is 1.71. The maximum atomic E-state index is 12.2. The molecule has 0 radical (unpaired) electrons. The number of rotatable bonds is 4. The van der Waals surface area contributed by atoms with Crippen LogP contribution >= 0.6 is 0 Å². The number of hydrogen-bond acceptors (Lipinski definition) is 6. The van der Waals surface area contributed by atoms with Gasteiger partial charge in [-0.05, 0) is 0 Å². The second-order valence-electron chi connectivity index (χ2n) is 5.04. The van der Waals surface area contributed by atoms with E-state index in [1.165, 1.54) is 12.3 Å². The number of aromatic nitrogens is 3. The monoisotopic (exact) mass is 325 g/mol. The summed E-state index contributed by atoms with van der Waals surface area (Å²) in [7, 11) is -3.26. The number of sulfonamides is 1. The molecule has 9 nitrogen and oxygen atoms in total. The Kier molecular flexibility index (Phi) is 3.71. The van der Waals surface area contributed by atoms with Gasteiger partial charge in [0.05, 0.1) is 31.2 Å². The molecule has 1 N–H and O–H groups in total. The van der Waals surface area contributed by atoms with Crippen LogP contribution in [0.4, 0.5) is 0 Å². The molecule has 10 heteroatoms. The van der Waals surface area contributed by atoms with E-state index in [1.807, 2.05) is 4.57 Å². The summed E-state index contributed by atoms with van der Waals surface area (Å²) in [6.07, 6.45) is 4.32. The van der Waals surface area contributed by atoms with E-state index in [0.29, 0.717) is 31.2 Å². The summed E-state index contributed by atoms with van der Waals surface area (Å²) in [6, 6.07) is 1.52. The van der Waals surface area contributed by atoms with Crippen LogP contribution < -0.4 is 4.72 Å². The third kappa shape index (κ3) is 3.17. The minimum atomic E-state index is -3.26. The zero-order valence-electron chi connectivity index (χ0n) is 11.9. The summed E-state index contributed by atoms with van der Waals surface area (Å²) in [4.78, 5) is 18.2. The van der Waals surface area contributed by atoms with Crippen molar-refractivity contribution in [2.45, 2.75) is 19.6 Å². The normalized spacial score (nSPS) is 14.9. The van der Waals surface area contributed by atoms with Gasteiger partial charge in [-0.2, -0.15) is 0 Å². The van der Waals surface area contributed by atoms with Gasteiger partial charge in [-0.1, -0.05) is 5.16 Å². The SMILES string of the molecule is CS(=O)(=O)NCc1cn2c(n1)CN(C(=O)c1ccno1)CC2. The molecule has 1 aliphatic heterocycles. The van der Waals surface area contributed by atoms with Gasteiger partial charge < -0.3 is 14.0 Å². The largest absolute Gasteiger partial charge is 0.351 e. The third-order valence-corrected chi connectivity index (χ3v) is 3.97. The molecule has 0 saturated carbocycles. The van der Waals surface area contributed by atoms with E-state index in [2.05, 4.69) is 14.9 Å². The van der Waals surface area contributed by atoms with Gasteiger partial charge in [-0.3, -0.25) is 4.79 Å². The van der Waals surface area contributed by atoms with Crippen LogP contribution in [0.3, 0.4) is 0 Å². The second kappa shape index (κ2) is 5.54. The highest BCUT2D eigenvalue weighted by Crippen LogP contribution is 2.15. The molecule has 0 bridgehead atoms. The van der Waals surface area contributed by atoms with E-state index >= 15 is 0 Å². The van der Waals surface area contributed by atoms with Gasteiger partial charge in [0.15, 0.2) is 0 Å². The fourth-order valence-electron chi connectivity index (χ4n) is 2.26. The number of nitrogens with zero attached hydrogens (tertiary/aromatic N) is 4. The van der Waals surface area contributed by atoms with Crippen LogP contribution in [0.15, 0.2) is 23.0 Å². The molecule has 0 spiro atoms. The van der Waals surface area contributed by atoms with Crippen LogP contribution in [-0.2, 0) is 29.7 Å². The van der Waals surface area contributed by atoms with Crippen LogP contribution in [0, 0.1) is 0 Å². The minimum absolute atomic E-state index is 0.134. The number of hydrogen-bond donors (Lipinski definition) is 1. The lowest BCUT2D eigenvalue weighted by atomic mass is 10.3. The standard InChI is InChI=1S/C12H15N5O4S/c1-22(19,20)14-6-9-7-16-4-5-17(8-11(16)15-9)12(18)10-2-3-13-21-10/h2-3,7,14H,4-6,8H2,1H3. The molecule has 2 aromatic rings. The van der Waals surface area contributed by atoms with E-state index in [-0.39, 0.29) is 18.2 Å². The van der Waals surface area contributed by atoms with Gasteiger partial charge in [-0.15, -0.1) is 0 Å². The third-order valence-electron chi connectivity index (χ3n) is 3.30. The number of carbonyl (C=O) groups is 1. The van der Waals surface area contributed by atoms with Crippen molar-refractivity contribution in [2.75, 3.05) is 12.8 Å². The summed E-state index contributed by atoms with van der Waals surface area (Å²) in [6.45, 7) is 1.61. The van der Waals surface area contributed by atoms with Crippen molar-refractivity contribution in [3.8, 4) is 0 Å². The van der Waals surface area contributed by atoms with Gasteiger partial charge >= 0.3 is 0 Å². The van der Waals surface area contributed by atoms with Crippen molar-refractivity contribution in [3.63, 3.8) is 0 Å². The van der Waals surface area contributed by atoms with Crippen LogP contribution in [0.1, 0.15) is 22.1 Å². The van der Waals surface area contributed by atoms with E-state index in [4.69, 9.17) is 4.52 Å². The fourth-order valence-corrected chi connectivity index (χ4v) is 2.67. The number of fused-ring (bicyclic) bond motifs is 1. The molecule has 3 heterocycles. The minimum Gasteiger partial charge on any atom is -0.351 e. The average Bonchev–Trinajstić information content (AvgIpc) is 3.11. The first-order chi connectivity index (χ1) is 10.4. The number of carbonyl (C=O) groups excluding carboxylic acids is 1. The van der Waals surface area contributed by atoms with Gasteiger partial charge in [-0.25, -0.2) is 18.1 Å². The first-order valence-corrected chi connectivity index (χ1v) is 8.51. The quantitative estimate of drug-likeness (QED) is 0.817. The Bertz CT molecular complexity index is 781. The van der Waals surface area contributed by atoms with Crippen molar-refractivity contribution >= 4 is 15.9 Å². The zero-order valence-corrected chi connectivity index (χ0v) is 12.7. The highest BCUT2D eigenvalue weighted by Gasteiger charge is 2.25. The lowest BCUT2D eigenvalue weighted by molar-refractivity contribution is 0.0665. The topological polar surface area (TPSA) is 110 Å². The summed E-state index contributed by atoms with van der Waals surface area (Å²) < 4.78 is 31.4. The summed E-state index contributed by atoms with van der Waals surface area (Å²) >= 11 is 0. The van der Waals surface area contributed by atoms with E-state index in [9.17, 15) is 13.2 Å². The maximum absolute atomic E-state index is 12.2. The van der Waals surface area contributed by atoms with E-state index in [1.54, 1.807) is 11.1 Å². The van der Waals surface area contributed by atoms with Crippen molar-refractivity contribution in [1.82, 2.24) is 24.3 Å². The first kappa shape index (κ1) is 14.7. The molecular formula is C12H15N5O4S. The van der Waals surface area contributed by atoms with Crippen molar-refractivity contribution in [3.05, 3.63) is 35.7 Å². The molecule has 22 heavy (non-hydrogen) atoms. The number of imidazole rings is 1. The predicted octanol–water partition coefficient (Wildman–Crippen LogP) is -0.424. The Morgan fingerprint density at radius 2 is 2.27 bits per heavy atom. The summed E-state index contributed by atoms with van der Waals surface area (Å²) in [5.74, 6) is 0.672. The second-order valence-corrected chi connectivity index (χ2v) is 6.87. The molecule has 0 fully saturated rings. The molecular weight excluding hydrogens is 310 g/mol. The molecule has 0 unspecified atom stereocenters. The zero-order chi connectivity index (χ0) is 15.7. The van der Waals surface area contributed by atoms with E-state index in [0.717, 1.165) is 6.26 Å². The smallest absolute Gasteiger partial charge is 0.292 e. The van der Waals surface area contributed by atoms with Gasteiger partial charge in [0.2, 0.25) is 15.8 Å². The molecule has 3 rings (SSSR count). The van der Waals surface area contributed by atoms with Crippen molar-refractivity contribution in [2.24, 2.45) is 0 Å². The maximum Gasteiger partial charge on any atom is 0.292 e. The lowest BCUT2D eigenvalue weighted by Crippen LogP contribution is -2.38. The molecule has 1 aliphatic rings. The average molecular weight is 325 g/mol. The number of nitrogens with one attached hydrogen (secondary N) is 1. The first-order valence-electron chi connectivity index (χ1n) is 6.62. The molecule has 0 saturated heterocycles. The van der Waals surface area contributed by atoms with Gasteiger partial charge in [0, 0.05) is 25.4 Å². The highest BCUT2D eigenvalue weighted by atomic mass is 32.2. The fraction of sp³-hybridized carbons (Fsp3) is 0.417. The van der Waals surface area contributed by atoms with Gasteiger partial charge in [0.25, 0.3) is 5.91 Å². The molecule has 0 aliphatic carbocycles. The predicted molar refractivity (Wildman–Crippen MR) is 75.2 cm³/mol. The molecule has 2 aromatic heterocycles. The molecule has 118 valence electrons. The Morgan fingerprint density at radius 1 is 1.45 bits per heavy atom. The molecule has 1 amide bonds. The molecule has 0 aromatic carbocycles. The Labute approximate surface area is 127 Å². The summed E-state index contributed by atoms with van der Waals surface area (Å²) in [5, 5.41) is 3.53. The van der Waals surface area contributed by atoms with Crippen LogP contribution in [-0.4, -0.2) is 46.7 Å². The van der Waals surface area contributed by atoms with Crippen LogP contribution in [0.25, 0.3) is 0 Å². The van der Waals surface area contributed by atoms with E-state index < -0.39 is 10.0 Å². The lowest BCUT2D eigenvalue weighted by Gasteiger charge is -2.26. The summed E-state index contributed by atoms with van der Waals surface area (Å²) in [5.41, 5.74) is 0.620. The number of amides is 1. The van der Waals surface area contributed by atoms with Gasteiger partial charge in [0.1, 0.15) is 5.82 Å². The Morgan fingerprint density at radius 3 is 2.95 bits per heavy atom. The van der Waals surface area contributed by atoms with Crippen LogP contribution in [0.2, 0.25) is 0 Å². The Hall–Kier alpha value is -2.20. The van der Waals surface area contributed by atoms with Crippen LogP contribution in [0.5, 0.6) is 0 Å². The van der Waals surface area contributed by atoms with Crippen molar-refractivity contribution < 1.29 is 17.7 Å². The van der Waals surface area contributed by atoms with Crippen molar-refractivity contribution in [1.29, 1.82) is 0 Å². The molecule has 0 atom stereocenters.